The van der Waals surface area contributed by atoms with Crippen LogP contribution in [-0.2, 0) is 22.0 Å². The van der Waals surface area contributed by atoms with Crippen LogP contribution in [0.3, 0.4) is 0 Å². The van der Waals surface area contributed by atoms with Gasteiger partial charge in [0.05, 0.1) is 5.25 Å². The monoisotopic (exact) mass is 474 g/mol. The van der Waals surface area contributed by atoms with E-state index in [1.165, 1.54) is 0 Å². The van der Waals surface area contributed by atoms with Crippen molar-refractivity contribution in [2.45, 2.75) is 70.8 Å². The average molecular weight is 475 g/mol. The van der Waals surface area contributed by atoms with Gasteiger partial charge in [0, 0.05) is 37.4 Å². The molecule has 1 aromatic carbocycles. The predicted octanol–water partition coefficient (Wildman–Crippen LogP) is 3.56. The predicted molar refractivity (Wildman–Crippen MR) is 130 cm³/mol. The minimum absolute atomic E-state index is 0. The zero-order valence-corrected chi connectivity index (χ0v) is 20.5. The number of hydrogen-bond acceptors (Lipinski definition) is 7. The van der Waals surface area contributed by atoms with E-state index in [1.54, 1.807) is 33.2 Å². The smallest absolute Gasteiger partial charge is 0.239 e. The first-order chi connectivity index (χ1) is 15.5. The maximum Gasteiger partial charge on any atom is 0.239 e. The maximum absolute atomic E-state index is 13.0. The van der Waals surface area contributed by atoms with Crippen LogP contribution < -0.4 is 4.72 Å². The van der Waals surface area contributed by atoms with Gasteiger partial charge in [-0.2, -0.15) is 0 Å². The fraction of sp³-hybridized carbons (Fsp3) is 0.478. The van der Waals surface area contributed by atoms with Crippen LogP contribution in [0.2, 0.25) is 0 Å². The molecule has 1 aliphatic carbocycles. The van der Waals surface area contributed by atoms with Crippen molar-refractivity contribution in [1.29, 1.82) is 0 Å². The van der Waals surface area contributed by atoms with E-state index in [1.807, 2.05) is 41.8 Å². The van der Waals surface area contributed by atoms with Gasteiger partial charge in [-0.05, 0) is 53.0 Å². The molecular formula is C23H34N6O3S. The van der Waals surface area contributed by atoms with Crippen molar-refractivity contribution in [3.8, 4) is 11.4 Å². The number of hydrogen-bond donors (Lipinski definition) is 2. The normalized spacial score (nSPS) is 15.5. The van der Waals surface area contributed by atoms with Crippen molar-refractivity contribution in [2.24, 2.45) is 0 Å². The molecule has 0 bridgehead atoms. The van der Waals surface area contributed by atoms with Crippen LogP contribution in [0.25, 0.3) is 11.4 Å². The highest BCUT2D eigenvalue weighted by molar-refractivity contribution is 7.93. The number of aryl methyl sites for hydroxylation is 1. The van der Waals surface area contributed by atoms with Gasteiger partial charge in [-0.15, -0.1) is 10.2 Å². The fourth-order valence-corrected chi connectivity index (χ4v) is 4.12. The zero-order chi connectivity index (χ0) is 24.2. The lowest BCUT2D eigenvalue weighted by Crippen LogP contribution is -2.30. The molecule has 2 aromatic heterocycles. The van der Waals surface area contributed by atoms with Crippen LogP contribution in [0.5, 0.6) is 0 Å². The van der Waals surface area contributed by atoms with Crippen molar-refractivity contribution < 1.29 is 15.0 Å². The standard InChI is InChI=1S/C20H24N6O2S.C3H8O.H2/c1-14-12-21-17(22-13-14)11-15(2)29(27,28)25-19-24-23-18(16-7-5-4-6-8-16)26(19)20(3)9-10-20;1-3(2)4;/h4-8,12-13,15H,9-11H2,1-3H3,(H,24,25);3-4H,1-2H3;1H. The molecule has 33 heavy (non-hydrogen) atoms. The van der Waals surface area contributed by atoms with Crippen LogP contribution in [0, 0.1) is 6.92 Å². The third-order valence-corrected chi connectivity index (χ3v) is 6.97. The molecule has 4 rings (SSSR count). The molecule has 1 fully saturated rings. The number of nitrogens with zero attached hydrogens (tertiary/aromatic N) is 5. The summed E-state index contributed by atoms with van der Waals surface area (Å²) in [4.78, 5) is 8.43. The molecule has 1 saturated carbocycles. The number of anilines is 1. The molecule has 9 nitrogen and oxygen atoms in total. The van der Waals surface area contributed by atoms with Gasteiger partial charge in [-0.3, -0.25) is 9.29 Å². The number of aromatic nitrogens is 5. The molecule has 1 aliphatic rings. The number of benzene rings is 1. The van der Waals surface area contributed by atoms with E-state index in [4.69, 9.17) is 5.11 Å². The lowest BCUT2D eigenvalue weighted by molar-refractivity contribution is 0.216. The molecule has 0 radical (unpaired) electrons. The van der Waals surface area contributed by atoms with Gasteiger partial charge in [-0.25, -0.2) is 18.4 Å². The molecule has 10 heteroatoms. The molecule has 3 aromatic rings. The minimum Gasteiger partial charge on any atom is -0.394 e. The Morgan fingerprint density at radius 1 is 1.12 bits per heavy atom. The Morgan fingerprint density at radius 3 is 2.24 bits per heavy atom. The summed E-state index contributed by atoms with van der Waals surface area (Å²) in [5.41, 5.74) is 1.65. The van der Waals surface area contributed by atoms with Crippen molar-refractivity contribution in [3.05, 3.63) is 54.1 Å². The first kappa shape index (κ1) is 24.8. The number of rotatable bonds is 7. The van der Waals surface area contributed by atoms with E-state index in [9.17, 15) is 8.42 Å². The highest BCUT2D eigenvalue weighted by Gasteiger charge is 2.44. The lowest BCUT2D eigenvalue weighted by atomic mass is 10.2. The zero-order valence-electron chi connectivity index (χ0n) is 19.7. The van der Waals surface area contributed by atoms with Crippen LogP contribution in [-0.4, -0.2) is 49.6 Å². The van der Waals surface area contributed by atoms with Crippen LogP contribution in [0.15, 0.2) is 42.7 Å². The van der Waals surface area contributed by atoms with Gasteiger partial charge in [0.2, 0.25) is 16.0 Å². The SMILES string of the molecule is CC(C)O.Cc1cnc(CC(C)S(=O)(=O)Nc2nnc(-c3ccccc3)n2C2(C)CC2)nc1.[HH]. The van der Waals surface area contributed by atoms with Crippen LogP contribution >= 0.6 is 0 Å². The van der Waals surface area contributed by atoms with E-state index in [-0.39, 0.29) is 25.4 Å². The molecule has 0 aliphatic heterocycles. The molecule has 2 heterocycles. The van der Waals surface area contributed by atoms with Crippen LogP contribution in [0.4, 0.5) is 5.95 Å². The van der Waals surface area contributed by atoms with Gasteiger partial charge in [0.25, 0.3) is 0 Å². The van der Waals surface area contributed by atoms with Gasteiger partial charge in [0.15, 0.2) is 5.82 Å². The summed E-state index contributed by atoms with van der Waals surface area (Å²) in [5.74, 6) is 1.41. The molecular weight excluding hydrogens is 440 g/mol. The summed E-state index contributed by atoms with van der Waals surface area (Å²) in [7, 11) is -3.70. The Balaban J connectivity index is 0.000000758. The van der Waals surface area contributed by atoms with Crippen LogP contribution in [0.1, 0.15) is 53.4 Å². The second-order valence-electron chi connectivity index (χ2n) is 8.98. The van der Waals surface area contributed by atoms with Gasteiger partial charge < -0.3 is 5.11 Å². The summed E-state index contributed by atoms with van der Waals surface area (Å²) in [6.07, 6.45) is 5.32. The Kier molecular flexibility index (Phi) is 7.48. The van der Waals surface area contributed by atoms with E-state index >= 15 is 0 Å². The summed E-state index contributed by atoms with van der Waals surface area (Å²) < 4.78 is 30.5. The van der Waals surface area contributed by atoms with Gasteiger partial charge in [0.1, 0.15) is 5.82 Å². The van der Waals surface area contributed by atoms with E-state index in [0.29, 0.717) is 11.6 Å². The first-order valence-corrected chi connectivity index (χ1v) is 12.5. The Morgan fingerprint density at radius 2 is 1.70 bits per heavy atom. The maximum atomic E-state index is 13.0. The second kappa shape index (κ2) is 9.96. The second-order valence-corrected chi connectivity index (χ2v) is 11.1. The summed E-state index contributed by atoms with van der Waals surface area (Å²) in [6, 6.07) is 9.68. The molecule has 2 N–H and O–H groups in total. The molecule has 0 amide bonds. The first-order valence-electron chi connectivity index (χ1n) is 11.0. The van der Waals surface area contributed by atoms with Gasteiger partial charge in [-0.1, -0.05) is 30.3 Å². The lowest BCUT2D eigenvalue weighted by Gasteiger charge is -2.19. The molecule has 1 unspecified atom stereocenters. The third kappa shape index (κ3) is 6.35. The number of aliphatic hydroxyl groups is 1. The fourth-order valence-electron chi connectivity index (χ4n) is 3.16. The Labute approximate surface area is 196 Å². The van der Waals surface area contributed by atoms with Crippen molar-refractivity contribution in [2.75, 3.05) is 4.72 Å². The summed E-state index contributed by atoms with van der Waals surface area (Å²) in [6.45, 7) is 9.06. The Bertz CT molecular complexity index is 1160. The molecule has 1 atom stereocenters. The van der Waals surface area contributed by atoms with Crippen molar-refractivity contribution >= 4 is 16.0 Å². The number of aliphatic hydroxyl groups excluding tert-OH is 1. The third-order valence-electron chi connectivity index (χ3n) is 5.28. The highest BCUT2D eigenvalue weighted by Crippen LogP contribution is 2.47. The van der Waals surface area contributed by atoms with Crippen molar-refractivity contribution in [3.63, 3.8) is 0 Å². The number of nitrogens with one attached hydrogen (secondary N) is 1. The highest BCUT2D eigenvalue weighted by atomic mass is 32.2. The minimum atomic E-state index is -3.70. The van der Waals surface area contributed by atoms with Gasteiger partial charge >= 0.3 is 0 Å². The molecule has 180 valence electrons. The van der Waals surface area contributed by atoms with E-state index in [2.05, 4.69) is 31.8 Å². The summed E-state index contributed by atoms with van der Waals surface area (Å²) >= 11 is 0. The average Bonchev–Trinajstić information content (AvgIpc) is 3.35. The van der Waals surface area contributed by atoms with Crippen molar-refractivity contribution in [1.82, 2.24) is 24.7 Å². The number of sulfonamides is 1. The Hall–Kier alpha value is -2.85. The molecule has 0 spiro atoms. The van der Waals surface area contributed by atoms with E-state index < -0.39 is 15.3 Å². The summed E-state index contributed by atoms with van der Waals surface area (Å²) in [5, 5.41) is 15.8. The topological polar surface area (TPSA) is 123 Å². The quantitative estimate of drug-likeness (QED) is 0.537. The van der Waals surface area contributed by atoms with E-state index in [0.717, 1.165) is 24.0 Å². The largest absolute Gasteiger partial charge is 0.394 e. The molecule has 0 saturated heterocycles.